The summed E-state index contributed by atoms with van der Waals surface area (Å²) in [7, 11) is 0. The van der Waals surface area contributed by atoms with E-state index in [1.807, 2.05) is 6.08 Å². The van der Waals surface area contributed by atoms with Gasteiger partial charge in [0, 0.05) is 13.0 Å². The van der Waals surface area contributed by atoms with Gasteiger partial charge in [-0.2, -0.15) is 0 Å². The molecule has 1 rings (SSSR count). The highest BCUT2D eigenvalue weighted by molar-refractivity contribution is 5.15. The molecule has 1 nitrogen and oxygen atoms in total. The van der Waals surface area contributed by atoms with Gasteiger partial charge in [0.25, 0.3) is 0 Å². The van der Waals surface area contributed by atoms with E-state index in [0.717, 1.165) is 13.0 Å². The van der Waals surface area contributed by atoms with Crippen LogP contribution in [-0.2, 0) is 0 Å². The number of nitrogens with zero attached hydrogens (tertiary/aromatic N) is 1. The summed E-state index contributed by atoms with van der Waals surface area (Å²) in [6.07, 6.45) is 14.7. The Hall–Kier alpha value is -0.740. The quantitative estimate of drug-likeness (QED) is 0.495. The lowest BCUT2D eigenvalue weighted by Crippen LogP contribution is -2.29. The molecule has 1 aliphatic rings. The van der Waals surface area contributed by atoms with Crippen LogP contribution in [0.15, 0.2) is 12.2 Å². The first-order chi connectivity index (χ1) is 8.43. The number of hydrogen-bond donors (Lipinski definition) is 0. The van der Waals surface area contributed by atoms with Gasteiger partial charge >= 0.3 is 0 Å². The van der Waals surface area contributed by atoms with Crippen molar-refractivity contribution in [3.05, 3.63) is 12.2 Å². The first kappa shape index (κ1) is 14.3. The van der Waals surface area contributed by atoms with E-state index in [9.17, 15) is 0 Å². The maximum absolute atomic E-state index is 3.23. The summed E-state index contributed by atoms with van der Waals surface area (Å²) in [4.78, 5) is 2.52. The molecule has 17 heavy (non-hydrogen) atoms. The Morgan fingerprint density at radius 1 is 1.06 bits per heavy atom. The molecule has 0 radical (unpaired) electrons. The third-order valence-corrected chi connectivity index (χ3v) is 3.27. The highest BCUT2D eigenvalue weighted by Crippen LogP contribution is 2.07. The maximum Gasteiger partial charge on any atom is 0.0172 e. The van der Waals surface area contributed by atoms with Crippen molar-refractivity contribution >= 4 is 0 Å². The Labute approximate surface area is 107 Å². The maximum atomic E-state index is 3.23. The minimum absolute atomic E-state index is 1.06. The molecule has 0 aromatic rings. The lowest BCUT2D eigenvalue weighted by atomic mass is 10.1. The monoisotopic (exact) mass is 233 g/mol. The van der Waals surface area contributed by atoms with E-state index in [1.54, 1.807) is 0 Å². The molecule has 0 saturated carbocycles. The average Bonchev–Trinajstić information content (AvgIpc) is 2.38. The highest BCUT2D eigenvalue weighted by atomic mass is 15.1. The van der Waals surface area contributed by atoms with Gasteiger partial charge in [0.2, 0.25) is 0 Å². The fraction of sp³-hybridized carbons (Fsp3) is 0.750. The molecular formula is C16H27N. The van der Waals surface area contributed by atoms with Crippen LogP contribution in [0, 0.1) is 11.8 Å². The molecular weight excluding hydrogens is 206 g/mol. The fourth-order valence-electron chi connectivity index (χ4n) is 2.17. The second-order valence-electron chi connectivity index (χ2n) is 4.90. The summed E-state index contributed by atoms with van der Waals surface area (Å²) in [6.45, 7) is 5.88. The van der Waals surface area contributed by atoms with Gasteiger partial charge in [0.15, 0.2) is 0 Å². The van der Waals surface area contributed by atoms with Crippen LogP contribution in [0.25, 0.3) is 0 Å². The van der Waals surface area contributed by atoms with Crippen molar-refractivity contribution in [1.29, 1.82) is 0 Å². The zero-order valence-corrected chi connectivity index (χ0v) is 11.4. The lowest BCUT2D eigenvalue weighted by Gasteiger charge is -2.24. The van der Waals surface area contributed by atoms with E-state index in [0.29, 0.717) is 0 Å². The van der Waals surface area contributed by atoms with Crippen molar-refractivity contribution in [2.75, 3.05) is 19.6 Å². The van der Waals surface area contributed by atoms with E-state index in [2.05, 4.69) is 29.7 Å². The summed E-state index contributed by atoms with van der Waals surface area (Å²) in [5, 5.41) is 0. The highest BCUT2D eigenvalue weighted by Gasteiger charge is 2.06. The molecule has 0 bridgehead atoms. The molecule has 0 amide bonds. The van der Waals surface area contributed by atoms with Crippen LogP contribution < -0.4 is 0 Å². The second-order valence-corrected chi connectivity index (χ2v) is 4.90. The average molecular weight is 233 g/mol. The topological polar surface area (TPSA) is 3.24 Å². The molecule has 0 N–H and O–H groups in total. The third-order valence-electron chi connectivity index (χ3n) is 3.27. The molecule has 1 saturated heterocycles. The van der Waals surface area contributed by atoms with E-state index in [1.165, 1.54) is 58.0 Å². The predicted molar refractivity (Wildman–Crippen MR) is 76.0 cm³/mol. The first-order valence-corrected chi connectivity index (χ1v) is 7.29. The van der Waals surface area contributed by atoms with Crippen molar-refractivity contribution < 1.29 is 0 Å². The number of piperidine rings is 1. The minimum atomic E-state index is 1.06. The second kappa shape index (κ2) is 10.4. The molecule has 0 aliphatic carbocycles. The number of unbranched alkanes of at least 4 members (excludes halogenated alkanes) is 4. The molecule has 96 valence electrons. The fourth-order valence-corrected chi connectivity index (χ4v) is 2.17. The summed E-state index contributed by atoms with van der Waals surface area (Å²) < 4.78 is 0. The Morgan fingerprint density at radius 2 is 1.88 bits per heavy atom. The molecule has 1 fully saturated rings. The molecule has 0 aromatic heterocycles. The van der Waals surface area contributed by atoms with Gasteiger partial charge in [-0.05, 0) is 38.4 Å². The van der Waals surface area contributed by atoms with Crippen molar-refractivity contribution in [2.24, 2.45) is 0 Å². The summed E-state index contributed by atoms with van der Waals surface area (Å²) >= 11 is 0. The Kier molecular flexibility index (Phi) is 8.78. The minimum Gasteiger partial charge on any atom is -0.300 e. The van der Waals surface area contributed by atoms with Crippen LogP contribution >= 0.6 is 0 Å². The van der Waals surface area contributed by atoms with Gasteiger partial charge in [-0.25, -0.2) is 0 Å². The molecule has 0 spiro atoms. The van der Waals surface area contributed by atoms with E-state index >= 15 is 0 Å². The van der Waals surface area contributed by atoms with Crippen molar-refractivity contribution in [3.63, 3.8) is 0 Å². The largest absolute Gasteiger partial charge is 0.300 e. The summed E-state index contributed by atoms with van der Waals surface area (Å²) in [5.41, 5.74) is 0. The van der Waals surface area contributed by atoms with Gasteiger partial charge in [0.05, 0.1) is 0 Å². The van der Waals surface area contributed by atoms with Crippen molar-refractivity contribution in [3.8, 4) is 11.8 Å². The van der Waals surface area contributed by atoms with Crippen molar-refractivity contribution in [1.82, 2.24) is 4.90 Å². The number of hydrogen-bond acceptors (Lipinski definition) is 1. The van der Waals surface area contributed by atoms with Crippen LogP contribution in [0.5, 0.6) is 0 Å². The Bertz CT molecular complexity index is 250. The van der Waals surface area contributed by atoms with Gasteiger partial charge < -0.3 is 0 Å². The predicted octanol–water partition coefficient (Wildman–Crippen LogP) is 4.00. The molecule has 1 heteroatoms. The Morgan fingerprint density at radius 3 is 2.65 bits per heavy atom. The molecule has 0 atom stereocenters. The zero-order valence-electron chi connectivity index (χ0n) is 11.4. The van der Waals surface area contributed by atoms with Gasteiger partial charge in [-0.3, -0.25) is 4.90 Å². The molecule has 1 aliphatic heterocycles. The SMILES string of the molecule is CCCCCCC#C/C=C\CN1CCCCC1. The van der Waals surface area contributed by atoms with Crippen LogP contribution in [0.2, 0.25) is 0 Å². The molecule has 0 aromatic carbocycles. The van der Waals surface area contributed by atoms with Crippen LogP contribution in [0.3, 0.4) is 0 Å². The standard InChI is InChI=1S/C16H27N/c1-2-3-4-5-6-7-8-9-11-14-17-15-12-10-13-16-17/h9,11H,2-6,10,12-16H2,1H3/b11-9-. The number of likely N-dealkylation sites (tertiary alicyclic amines) is 1. The van der Waals surface area contributed by atoms with E-state index < -0.39 is 0 Å². The normalized spacial score (nSPS) is 17.0. The molecule has 0 unspecified atom stereocenters. The Balaban J connectivity index is 1.98. The van der Waals surface area contributed by atoms with Gasteiger partial charge in [-0.15, -0.1) is 0 Å². The zero-order chi connectivity index (χ0) is 12.2. The third kappa shape index (κ3) is 8.05. The number of allylic oxidation sites excluding steroid dienone is 1. The molecule has 1 heterocycles. The lowest BCUT2D eigenvalue weighted by molar-refractivity contribution is 0.251. The smallest absolute Gasteiger partial charge is 0.0172 e. The van der Waals surface area contributed by atoms with E-state index in [-0.39, 0.29) is 0 Å². The van der Waals surface area contributed by atoms with Crippen LogP contribution in [-0.4, -0.2) is 24.5 Å². The van der Waals surface area contributed by atoms with Gasteiger partial charge in [0.1, 0.15) is 0 Å². The van der Waals surface area contributed by atoms with Crippen LogP contribution in [0.4, 0.5) is 0 Å². The summed E-state index contributed by atoms with van der Waals surface area (Å²) in [6, 6.07) is 0. The van der Waals surface area contributed by atoms with Crippen LogP contribution in [0.1, 0.15) is 58.3 Å². The first-order valence-electron chi connectivity index (χ1n) is 7.29. The van der Waals surface area contributed by atoms with E-state index in [4.69, 9.17) is 0 Å². The van der Waals surface area contributed by atoms with Gasteiger partial charge in [-0.1, -0.05) is 50.5 Å². The summed E-state index contributed by atoms with van der Waals surface area (Å²) in [5.74, 6) is 6.37. The number of rotatable bonds is 6. The van der Waals surface area contributed by atoms with Crippen molar-refractivity contribution in [2.45, 2.75) is 58.3 Å².